The highest BCUT2D eigenvalue weighted by molar-refractivity contribution is 5.87. The first kappa shape index (κ1) is 20.1. The summed E-state index contributed by atoms with van der Waals surface area (Å²) in [6, 6.07) is 0. The van der Waals surface area contributed by atoms with E-state index in [0.717, 1.165) is 32.3 Å². The summed E-state index contributed by atoms with van der Waals surface area (Å²) in [5.74, 6) is 0.165. The van der Waals surface area contributed by atoms with Crippen molar-refractivity contribution >= 4 is 5.91 Å². The monoisotopic (exact) mass is 366 g/mol. The van der Waals surface area contributed by atoms with Crippen LogP contribution in [0.5, 0.6) is 0 Å². The van der Waals surface area contributed by atoms with Gasteiger partial charge in [-0.05, 0) is 41.0 Å². The number of epoxide rings is 1. The zero-order valence-corrected chi connectivity index (χ0v) is 17.6. The van der Waals surface area contributed by atoms with Crippen molar-refractivity contribution < 1.29 is 14.3 Å². The lowest BCUT2D eigenvalue weighted by Gasteiger charge is -2.53. The van der Waals surface area contributed by atoms with Crippen molar-refractivity contribution in [3.8, 4) is 0 Å². The number of nitrogens with zero attached hydrogens (tertiary/aromatic N) is 1. The quantitative estimate of drug-likeness (QED) is 0.552. The molecule has 3 rings (SSSR count). The van der Waals surface area contributed by atoms with Gasteiger partial charge >= 0.3 is 0 Å². The molecule has 0 aromatic carbocycles. The number of hydrogen-bond acceptors (Lipinski definition) is 4. The van der Waals surface area contributed by atoms with Crippen molar-refractivity contribution in [3.63, 3.8) is 0 Å². The molecule has 0 aromatic heterocycles. The van der Waals surface area contributed by atoms with Gasteiger partial charge in [0.1, 0.15) is 11.3 Å². The van der Waals surface area contributed by atoms with E-state index in [4.69, 9.17) is 9.47 Å². The van der Waals surface area contributed by atoms with Crippen LogP contribution >= 0.6 is 0 Å². The molecule has 1 amide bonds. The van der Waals surface area contributed by atoms with Gasteiger partial charge < -0.3 is 19.7 Å². The van der Waals surface area contributed by atoms with Gasteiger partial charge in [-0.15, -0.1) is 0 Å². The Morgan fingerprint density at radius 1 is 1.08 bits per heavy atom. The van der Waals surface area contributed by atoms with Gasteiger partial charge in [-0.3, -0.25) is 4.79 Å². The number of ether oxygens (including phenoxy) is 2. The maximum absolute atomic E-state index is 13.5. The van der Waals surface area contributed by atoms with Crippen LogP contribution in [0.2, 0.25) is 0 Å². The van der Waals surface area contributed by atoms with E-state index in [1.54, 1.807) is 0 Å². The molecule has 3 saturated heterocycles. The SMILES string of the molecule is CCCCCCC1(C)OC2(CC(C)(C)NC(C)(C)C2)N(CC2CO2)C1=O. The molecule has 5 nitrogen and oxygen atoms in total. The number of unbranched alkanes of at least 4 members (excludes halogenated alkanes) is 3. The summed E-state index contributed by atoms with van der Waals surface area (Å²) >= 11 is 0. The zero-order valence-electron chi connectivity index (χ0n) is 17.6. The van der Waals surface area contributed by atoms with E-state index in [0.29, 0.717) is 6.54 Å². The summed E-state index contributed by atoms with van der Waals surface area (Å²) in [7, 11) is 0. The molecule has 3 aliphatic heterocycles. The molecular weight excluding hydrogens is 328 g/mol. The van der Waals surface area contributed by atoms with Crippen LogP contribution in [0, 0.1) is 0 Å². The molecule has 2 unspecified atom stereocenters. The van der Waals surface area contributed by atoms with Crippen LogP contribution < -0.4 is 5.32 Å². The van der Waals surface area contributed by atoms with Crippen LogP contribution in [0.1, 0.15) is 86.5 Å². The maximum atomic E-state index is 13.5. The minimum absolute atomic E-state index is 0.0852. The predicted octanol–water partition coefficient (Wildman–Crippen LogP) is 3.61. The van der Waals surface area contributed by atoms with Crippen molar-refractivity contribution in [1.29, 1.82) is 0 Å². The van der Waals surface area contributed by atoms with Crippen LogP contribution in [0.4, 0.5) is 0 Å². The molecule has 150 valence electrons. The second-order valence-electron chi connectivity index (χ2n) is 10.2. The summed E-state index contributed by atoms with van der Waals surface area (Å²) < 4.78 is 12.2. The molecule has 1 N–H and O–H groups in total. The van der Waals surface area contributed by atoms with E-state index in [1.165, 1.54) is 19.3 Å². The summed E-state index contributed by atoms with van der Waals surface area (Å²) in [5.41, 5.74) is -1.40. The van der Waals surface area contributed by atoms with Crippen molar-refractivity contribution in [2.45, 2.75) is 115 Å². The molecule has 3 fully saturated rings. The van der Waals surface area contributed by atoms with Gasteiger partial charge in [0.05, 0.1) is 19.3 Å². The number of piperidine rings is 1. The first-order valence-electron chi connectivity index (χ1n) is 10.4. The summed E-state index contributed by atoms with van der Waals surface area (Å²) in [4.78, 5) is 15.5. The third-order valence-electron chi connectivity index (χ3n) is 6.01. The lowest BCUT2D eigenvalue weighted by Crippen LogP contribution is -2.67. The Morgan fingerprint density at radius 2 is 1.69 bits per heavy atom. The Bertz CT molecular complexity index is 525. The first-order chi connectivity index (χ1) is 12.0. The standard InChI is InChI=1S/C21H38N2O3/c1-7-8-9-10-11-20(6)17(24)23(12-16-13-25-16)21(26-20)14-18(2,3)22-19(4,5)15-21/h16,22H,7-15H2,1-6H3. The van der Waals surface area contributed by atoms with E-state index >= 15 is 0 Å². The van der Waals surface area contributed by atoms with E-state index in [2.05, 4.69) is 39.9 Å². The smallest absolute Gasteiger partial charge is 0.256 e. The number of carbonyl (C=O) groups excluding carboxylic acids is 1. The third kappa shape index (κ3) is 4.10. The van der Waals surface area contributed by atoms with Gasteiger partial charge in [0, 0.05) is 23.9 Å². The molecule has 26 heavy (non-hydrogen) atoms. The van der Waals surface area contributed by atoms with E-state index < -0.39 is 11.3 Å². The van der Waals surface area contributed by atoms with E-state index in [1.807, 2.05) is 11.8 Å². The highest BCUT2D eigenvalue weighted by Crippen LogP contribution is 2.49. The Kier molecular flexibility index (Phi) is 5.22. The molecule has 1 spiro atoms. The molecule has 3 heterocycles. The molecule has 3 aliphatic rings. The topological polar surface area (TPSA) is 54.1 Å². The fraction of sp³-hybridized carbons (Fsp3) is 0.952. The molecule has 5 heteroatoms. The molecule has 0 aromatic rings. The fourth-order valence-electron chi connectivity index (χ4n) is 5.37. The molecule has 2 atom stereocenters. The number of hydrogen-bond donors (Lipinski definition) is 1. The number of amides is 1. The van der Waals surface area contributed by atoms with Crippen LogP contribution in [0.25, 0.3) is 0 Å². The van der Waals surface area contributed by atoms with Gasteiger partial charge in [0.2, 0.25) is 0 Å². The van der Waals surface area contributed by atoms with Gasteiger partial charge in [0.25, 0.3) is 5.91 Å². The first-order valence-corrected chi connectivity index (χ1v) is 10.4. The molecule has 0 bridgehead atoms. The largest absolute Gasteiger partial charge is 0.371 e. The predicted molar refractivity (Wildman–Crippen MR) is 103 cm³/mol. The average Bonchev–Trinajstić information content (AvgIpc) is 3.26. The minimum atomic E-state index is -0.702. The van der Waals surface area contributed by atoms with Crippen molar-refractivity contribution in [2.75, 3.05) is 13.2 Å². The second kappa shape index (κ2) is 6.75. The fourth-order valence-corrected chi connectivity index (χ4v) is 5.37. The number of nitrogens with one attached hydrogen (secondary N) is 1. The molecular formula is C21H38N2O3. The molecule has 0 radical (unpaired) electrons. The molecule has 0 aliphatic carbocycles. The van der Waals surface area contributed by atoms with Crippen molar-refractivity contribution in [2.24, 2.45) is 0 Å². The average molecular weight is 367 g/mol. The van der Waals surface area contributed by atoms with Gasteiger partial charge in [-0.1, -0.05) is 32.6 Å². The highest BCUT2D eigenvalue weighted by Gasteiger charge is 2.63. The Balaban J connectivity index is 1.85. The maximum Gasteiger partial charge on any atom is 0.256 e. The van der Waals surface area contributed by atoms with Gasteiger partial charge in [0.15, 0.2) is 0 Å². The van der Waals surface area contributed by atoms with Crippen molar-refractivity contribution in [3.05, 3.63) is 0 Å². The highest BCUT2D eigenvalue weighted by atomic mass is 16.6. The van der Waals surface area contributed by atoms with Crippen LogP contribution in [0.15, 0.2) is 0 Å². The van der Waals surface area contributed by atoms with E-state index in [-0.39, 0.29) is 23.1 Å². The summed E-state index contributed by atoms with van der Waals surface area (Å²) in [6.45, 7) is 14.5. The second-order valence-corrected chi connectivity index (χ2v) is 10.2. The van der Waals surface area contributed by atoms with Crippen LogP contribution in [-0.4, -0.2) is 52.5 Å². The minimum Gasteiger partial charge on any atom is -0.371 e. The Labute approximate surface area is 159 Å². The number of carbonyl (C=O) groups is 1. The van der Waals surface area contributed by atoms with E-state index in [9.17, 15) is 4.79 Å². The zero-order chi connectivity index (χ0) is 19.2. The van der Waals surface area contributed by atoms with Crippen LogP contribution in [-0.2, 0) is 14.3 Å². The van der Waals surface area contributed by atoms with Gasteiger partial charge in [-0.2, -0.15) is 0 Å². The third-order valence-corrected chi connectivity index (χ3v) is 6.01. The summed E-state index contributed by atoms with van der Waals surface area (Å²) in [5, 5.41) is 3.73. The Hall–Kier alpha value is -0.650. The lowest BCUT2D eigenvalue weighted by atomic mass is 9.76. The summed E-state index contributed by atoms with van der Waals surface area (Å²) in [6.07, 6.45) is 7.25. The molecule has 0 saturated carbocycles. The van der Waals surface area contributed by atoms with Crippen LogP contribution in [0.3, 0.4) is 0 Å². The Morgan fingerprint density at radius 3 is 2.23 bits per heavy atom. The lowest BCUT2D eigenvalue weighted by molar-refractivity contribution is -0.183. The van der Waals surface area contributed by atoms with Gasteiger partial charge in [-0.25, -0.2) is 0 Å². The normalized spacial score (nSPS) is 34.5. The number of rotatable bonds is 7. The van der Waals surface area contributed by atoms with Crippen molar-refractivity contribution in [1.82, 2.24) is 10.2 Å².